The van der Waals surface area contributed by atoms with Gasteiger partial charge < -0.3 is 14.9 Å². The Morgan fingerprint density at radius 2 is 1.61 bits per heavy atom. The fourth-order valence-electron chi connectivity index (χ4n) is 2.70. The van der Waals surface area contributed by atoms with Crippen molar-refractivity contribution >= 4 is 17.7 Å². The van der Waals surface area contributed by atoms with Gasteiger partial charge in [0.25, 0.3) is 0 Å². The van der Waals surface area contributed by atoms with Crippen molar-refractivity contribution in [3.05, 3.63) is 41.3 Å². The van der Waals surface area contributed by atoms with Gasteiger partial charge in [-0.05, 0) is 32.0 Å². The molecular weight excluding hydrogens is 294 g/mol. The number of anilines is 2. The highest BCUT2D eigenvalue weighted by Gasteiger charge is 2.21. The van der Waals surface area contributed by atoms with Crippen molar-refractivity contribution in [2.24, 2.45) is 0 Å². The Hall–Kier alpha value is -2.70. The van der Waals surface area contributed by atoms with Crippen LogP contribution in [-0.2, 0) is 0 Å². The first-order chi connectivity index (χ1) is 11.0. The van der Waals surface area contributed by atoms with Crippen molar-refractivity contribution in [1.29, 1.82) is 0 Å². The molecule has 3 rings (SSSR count). The zero-order valence-corrected chi connectivity index (χ0v) is 13.2. The summed E-state index contributed by atoms with van der Waals surface area (Å²) in [5.74, 6) is 0.453. The molecule has 0 unspecified atom stereocenters. The van der Waals surface area contributed by atoms with E-state index in [0.717, 1.165) is 43.5 Å². The molecule has 0 aromatic carbocycles. The summed E-state index contributed by atoms with van der Waals surface area (Å²) in [5, 5.41) is 9.04. The maximum absolute atomic E-state index is 11.0. The molecule has 1 N–H and O–H groups in total. The third-order valence-electron chi connectivity index (χ3n) is 3.81. The SMILES string of the molecule is Cc1cc(C)nc(N2CCN(c3cccc(C(=O)O)n3)CC2)n1. The third kappa shape index (κ3) is 3.39. The Morgan fingerprint density at radius 3 is 2.22 bits per heavy atom. The highest BCUT2D eigenvalue weighted by Crippen LogP contribution is 2.17. The average molecular weight is 313 g/mol. The maximum atomic E-state index is 11.0. The number of nitrogens with zero attached hydrogens (tertiary/aromatic N) is 5. The number of aryl methyl sites for hydroxylation is 2. The molecule has 0 amide bonds. The maximum Gasteiger partial charge on any atom is 0.354 e. The molecule has 0 spiro atoms. The molecule has 7 heteroatoms. The lowest BCUT2D eigenvalue weighted by Crippen LogP contribution is -2.47. The van der Waals surface area contributed by atoms with Crippen LogP contribution in [-0.4, -0.2) is 52.2 Å². The quantitative estimate of drug-likeness (QED) is 0.919. The van der Waals surface area contributed by atoms with Crippen LogP contribution in [0.25, 0.3) is 0 Å². The van der Waals surface area contributed by atoms with Gasteiger partial charge in [-0.2, -0.15) is 0 Å². The van der Waals surface area contributed by atoms with Crippen molar-refractivity contribution < 1.29 is 9.90 Å². The number of piperazine rings is 1. The molecule has 23 heavy (non-hydrogen) atoms. The molecular formula is C16H19N5O2. The van der Waals surface area contributed by atoms with Gasteiger partial charge in [-0.3, -0.25) is 0 Å². The number of carboxylic acid groups (broad SMARTS) is 1. The van der Waals surface area contributed by atoms with Gasteiger partial charge in [0, 0.05) is 37.6 Å². The van der Waals surface area contributed by atoms with Crippen LogP contribution >= 0.6 is 0 Å². The molecule has 3 heterocycles. The molecule has 1 fully saturated rings. The summed E-state index contributed by atoms with van der Waals surface area (Å²) in [4.78, 5) is 28.5. The monoisotopic (exact) mass is 313 g/mol. The minimum absolute atomic E-state index is 0.0718. The highest BCUT2D eigenvalue weighted by atomic mass is 16.4. The molecule has 1 aliphatic rings. The largest absolute Gasteiger partial charge is 0.477 e. The number of pyridine rings is 1. The summed E-state index contributed by atoms with van der Waals surface area (Å²) in [6.45, 7) is 7.01. The number of aromatic nitrogens is 3. The van der Waals surface area contributed by atoms with Gasteiger partial charge in [0.2, 0.25) is 5.95 Å². The molecule has 2 aromatic heterocycles. The van der Waals surface area contributed by atoms with Crippen LogP contribution in [0.1, 0.15) is 21.9 Å². The normalized spacial score (nSPS) is 14.9. The molecule has 1 aliphatic heterocycles. The predicted molar refractivity (Wildman–Crippen MR) is 87.1 cm³/mol. The zero-order valence-electron chi connectivity index (χ0n) is 13.2. The van der Waals surface area contributed by atoms with Crippen molar-refractivity contribution in [2.45, 2.75) is 13.8 Å². The second-order valence-corrected chi connectivity index (χ2v) is 5.61. The average Bonchev–Trinajstić information content (AvgIpc) is 2.54. The Balaban J connectivity index is 1.71. The van der Waals surface area contributed by atoms with Gasteiger partial charge >= 0.3 is 5.97 Å². The molecule has 0 aliphatic carbocycles. The standard InChI is InChI=1S/C16H19N5O2/c1-11-10-12(2)18-16(17-11)21-8-6-20(7-9-21)14-5-3-4-13(19-14)15(22)23/h3-5,10H,6-9H2,1-2H3,(H,22,23). The van der Waals surface area contributed by atoms with Crippen molar-refractivity contribution in [2.75, 3.05) is 36.0 Å². The lowest BCUT2D eigenvalue weighted by Gasteiger charge is -2.35. The Bertz CT molecular complexity index is 706. The number of hydrogen-bond donors (Lipinski definition) is 1. The molecule has 0 atom stereocenters. The van der Waals surface area contributed by atoms with Gasteiger partial charge in [0.05, 0.1) is 0 Å². The van der Waals surface area contributed by atoms with Crippen molar-refractivity contribution in [3.8, 4) is 0 Å². The second kappa shape index (κ2) is 6.20. The smallest absolute Gasteiger partial charge is 0.354 e. The minimum atomic E-state index is -1.01. The number of carbonyl (C=O) groups is 1. The predicted octanol–water partition coefficient (Wildman–Crippen LogP) is 1.51. The van der Waals surface area contributed by atoms with E-state index in [1.165, 1.54) is 6.07 Å². The van der Waals surface area contributed by atoms with Gasteiger partial charge in [-0.15, -0.1) is 0 Å². The molecule has 7 nitrogen and oxygen atoms in total. The second-order valence-electron chi connectivity index (χ2n) is 5.61. The van der Waals surface area contributed by atoms with Gasteiger partial charge in [0.15, 0.2) is 5.69 Å². The Labute approximate surface area is 134 Å². The molecule has 120 valence electrons. The van der Waals surface area contributed by atoms with Crippen LogP contribution < -0.4 is 9.80 Å². The topological polar surface area (TPSA) is 82.5 Å². The van der Waals surface area contributed by atoms with Crippen molar-refractivity contribution in [1.82, 2.24) is 15.0 Å². The van der Waals surface area contributed by atoms with Gasteiger partial charge in [-0.25, -0.2) is 19.7 Å². The summed E-state index contributed by atoms with van der Waals surface area (Å²) in [7, 11) is 0. The molecule has 2 aromatic rings. The van der Waals surface area contributed by atoms with Crippen molar-refractivity contribution in [3.63, 3.8) is 0 Å². The van der Waals surface area contributed by atoms with E-state index in [0.29, 0.717) is 5.82 Å². The van der Waals surface area contributed by atoms with Crippen LogP contribution in [0, 0.1) is 13.8 Å². The van der Waals surface area contributed by atoms with E-state index in [9.17, 15) is 4.79 Å². The molecule has 0 radical (unpaired) electrons. The third-order valence-corrected chi connectivity index (χ3v) is 3.81. The first-order valence-corrected chi connectivity index (χ1v) is 7.55. The van der Waals surface area contributed by atoms with E-state index < -0.39 is 5.97 Å². The fraction of sp³-hybridized carbons (Fsp3) is 0.375. The first-order valence-electron chi connectivity index (χ1n) is 7.55. The summed E-state index contributed by atoms with van der Waals surface area (Å²) in [6.07, 6.45) is 0. The van der Waals surface area contributed by atoms with Gasteiger partial charge in [0.1, 0.15) is 5.82 Å². The van der Waals surface area contributed by atoms with Crippen LogP contribution in [0.2, 0.25) is 0 Å². The van der Waals surface area contributed by atoms with E-state index in [1.807, 2.05) is 26.0 Å². The summed E-state index contributed by atoms with van der Waals surface area (Å²) in [6, 6.07) is 7.03. The Morgan fingerprint density at radius 1 is 1.00 bits per heavy atom. The highest BCUT2D eigenvalue weighted by molar-refractivity contribution is 5.85. The number of carboxylic acids is 1. The van der Waals surface area contributed by atoms with E-state index in [4.69, 9.17) is 5.11 Å². The fourth-order valence-corrected chi connectivity index (χ4v) is 2.70. The van der Waals surface area contributed by atoms with Gasteiger partial charge in [-0.1, -0.05) is 6.07 Å². The zero-order chi connectivity index (χ0) is 16.4. The number of rotatable bonds is 3. The lowest BCUT2D eigenvalue weighted by atomic mass is 10.3. The lowest BCUT2D eigenvalue weighted by molar-refractivity contribution is 0.0690. The summed E-state index contributed by atoms with van der Waals surface area (Å²) < 4.78 is 0. The van der Waals surface area contributed by atoms with E-state index in [2.05, 4.69) is 24.8 Å². The van der Waals surface area contributed by atoms with Crippen LogP contribution in [0.15, 0.2) is 24.3 Å². The van der Waals surface area contributed by atoms with Crippen LogP contribution in [0.5, 0.6) is 0 Å². The molecule has 0 saturated carbocycles. The number of hydrogen-bond acceptors (Lipinski definition) is 6. The van der Waals surface area contributed by atoms with Crippen LogP contribution in [0.4, 0.5) is 11.8 Å². The number of aromatic carboxylic acids is 1. The van der Waals surface area contributed by atoms with E-state index in [-0.39, 0.29) is 5.69 Å². The van der Waals surface area contributed by atoms with E-state index >= 15 is 0 Å². The minimum Gasteiger partial charge on any atom is -0.477 e. The summed E-state index contributed by atoms with van der Waals surface area (Å²) >= 11 is 0. The van der Waals surface area contributed by atoms with E-state index in [1.54, 1.807) is 6.07 Å². The van der Waals surface area contributed by atoms with Crippen LogP contribution in [0.3, 0.4) is 0 Å². The molecule has 0 bridgehead atoms. The molecule has 1 saturated heterocycles. The first kappa shape index (κ1) is 15.2. The Kier molecular flexibility index (Phi) is 4.10. The summed E-state index contributed by atoms with van der Waals surface area (Å²) in [5.41, 5.74) is 2.00.